The Kier molecular flexibility index (Phi) is 9.77. The molecule has 0 radical (unpaired) electrons. The lowest BCUT2D eigenvalue weighted by atomic mass is 10.3. The number of rotatable bonds is 6. The zero-order valence-electron chi connectivity index (χ0n) is 11.4. The number of thioether (sulfide) groups is 1. The molecule has 1 rings (SSSR count). The second kappa shape index (κ2) is 10.1. The quantitative estimate of drug-likeness (QED) is 0.257. The molecule has 0 amide bonds. The first-order valence-corrected chi connectivity index (χ1v) is 6.85. The maximum atomic E-state index is 5.75. The van der Waals surface area contributed by atoms with Crippen LogP contribution in [0, 0.1) is 0 Å². The Morgan fingerprint density at radius 2 is 2.05 bits per heavy atom. The molecule has 0 saturated carbocycles. The first kappa shape index (κ1) is 18.3. The Hall–Kier alpha value is -0.690. The Morgan fingerprint density at radius 1 is 1.42 bits per heavy atom. The van der Waals surface area contributed by atoms with Crippen molar-refractivity contribution in [1.82, 2.24) is 5.32 Å². The summed E-state index contributed by atoms with van der Waals surface area (Å²) in [6, 6.07) is 10.3. The highest BCUT2D eigenvalue weighted by Gasteiger charge is 2.03. The summed E-state index contributed by atoms with van der Waals surface area (Å²) in [7, 11) is 0. The van der Waals surface area contributed by atoms with Crippen molar-refractivity contribution < 1.29 is 0 Å². The van der Waals surface area contributed by atoms with Crippen molar-refractivity contribution in [1.29, 1.82) is 0 Å². The van der Waals surface area contributed by atoms with Crippen LogP contribution in [0.4, 0.5) is 0 Å². The van der Waals surface area contributed by atoms with Gasteiger partial charge < -0.3 is 11.1 Å². The lowest BCUT2D eigenvalue weighted by Crippen LogP contribution is -2.33. The van der Waals surface area contributed by atoms with Gasteiger partial charge in [0.25, 0.3) is 0 Å². The monoisotopic (exact) mass is 391 g/mol. The number of benzene rings is 1. The van der Waals surface area contributed by atoms with Crippen molar-refractivity contribution >= 4 is 41.7 Å². The standard InChI is InChI=1S/C14H21N3S.HI/c1-11(2)9-16-14(15)17-10-12(3)18-13-7-5-4-6-8-13;/h4-8,12H,1,9-10H2,2-3H3,(H3,15,16,17);1H. The number of halogens is 1. The predicted octanol–water partition coefficient (Wildman–Crippen LogP) is 3.27. The van der Waals surface area contributed by atoms with Gasteiger partial charge in [-0.3, -0.25) is 4.99 Å². The van der Waals surface area contributed by atoms with Crippen LogP contribution in [0.2, 0.25) is 0 Å². The van der Waals surface area contributed by atoms with Gasteiger partial charge in [-0.15, -0.1) is 35.7 Å². The van der Waals surface area contributed by atoms with E-state index in [2.05, 4.69) is 35.9 Å². The number of nitrogens with zero attached hydrogens (tertiary/aromatic N) is 1. The Bertz CT molecular complexity index is 406. The summed E-state index contributed by atoms with van der Waals surface area (Å²) in [5, 5.41) is 3.42. The van der Waals surface area contributed by atoms with Gasteiger partial charge in [0.05, 0.1) is 6.54 Å². The van der Waals surface area contributed by atoms with E-state index in [1.807, 2.05) is 25.1 Å². The third-order valence-electron chi connectivity index (χ3n) is 2.17. The van der Waals surface area contributed by atoms with Crippen molar-refractivity contribution in [3.05, 3.63) is 42.5 Å². The lowest BCUT2D eigenvalue weighted by Gasteiger charge is -2.09. The molecule has 19 heavy (non-hydrogen) atoms. The predicted molar refractivity (Wildman–Crippen MR) is 96.5 cm³/mol. The molecule has 5 heteroatoms. The van der Waals surface area contributed by atoms with E-state index in [1.54, 1.807) is 11.8 Å². The summed E-state index contributed by atoms with van der Waals surface area (Å²) in [5.74, 6) is 0.485. The molecular formula is C14H22IN3S. The lowest BCUT2D eigenvalue weighted by molar-refractivity contribution is 0.907. The van der Waals surface area contributed by atoms with Crippen LogP contribution in [0.3, 0.4) is 0 Å². The molecule has 3 nitrogen and oxygen atoms in total. The molecule has 0 aliphatic rings. The second-order valence-electron chi connectivity index (χ2n) is 4.28. The molecule has 1 aromatic carbocycles. The minimum Gasteiger partial charge on any atom is -0.370 e. The first-order valence-electron chi connectivity index (χ1n) is 5.98. The highest BCUT2D eigenvalue weighted by Crippen LogP contribution is 2.22. The Balaban J connectivity index is 0.00000324. The molecule has 0 aliphatic heterocycles. The third-order valence-corrected chi connectivity index (χ3v) is 3.27. The van der Waals surface area contributed by atoms with Crippen molar-refractivity contribution in [2.75, 3.05) is 13.1 Å². The third kappa shape index (κ3) is 8.93. The van der Waals surface area contributed by atoms with Crippen LogP contribution in [0.5, 0.6) is 0 Å². The fraction of sp³-hybridized carbons (Fsp3) is 0.357. The minimum absolute atomic E-state index is 0. The minimum atomic E-state index is 0. The summed E-state index contributed by atoms with van der Waals surface area (Å²) >= 11 is 1.80. The van der Waals surface area contributed by atoms with E-state index >= 15 is 0 Å². The molecule has 1 atom stereocenters. The number of nitrogens with one attached hydrogen (secondary N) is 1. The van der Waals surface area contributed by atoms with Crippen molar-refractivity contribution in [2.45, 2.75) is 24.0 Å². The highest BCUT2D eigenvalue weighted by molar-refractivity contribution is 14.0. The molecule has 0 spiro atoms. The maximum absolute atomic E-state index is 5.75. The first-order chi connectivity index (χ1) is 8.58. The Labute approximate surface area is 137 Å². The smallest absolute Gasteiger partial charge is 0.188 e. The van der Waals surface area contributed by atoms with E-state index in [9.17, 15) is 0 Å². The fourth-order valence-electron chi connectivity index (χ4n) is 1.29. The average molecular weight is 391 g/mol. The molecule has 0 saturated heterocycles. The molecule has 0 aromatic heterocycles. The largest absolute Gasteiger partial charge is 0.370 e. The number of hydrogen-bond donors (Lipinski definition) is 2. The van der Waals surface area contributed by atoms with Gasteiger partial charge in [-0.2, -0.15) is 0 Å². The molecule has 3 N–H and O–H groups in total. The summed E-state index contributed by atoms with van der Waals surface area (Å²) in [6.45, 7) is 9.28. The molecule has 0 heterocycles. The van der Waals surface area contributed by atoms with Crippen LogP contribution < -0.4 is 11.1 Å². The van der Waals surface area contributed by atoms with Crippen LogP contribution in [-0.4, -0.2) is 24.3 Å². The van der Waals surface area contributed by atoms with Gasteiger partial charge in [0.1, 0.15) is 0 Å². The van der Waals surface area contributed by atoms with E-state index in [0.717, 1.165) is 5.57 Å². The van der Waals surface area contributed by atoms with Gasteiger partial charge in [-0.05, 0) is 19.1 Å². The summed E-state index contributed by atoms with van der Waals surface area (Å²) in [5.41, 5.74) is 6.79. The highest BCUT2D eigenvalue weighted by atomic mass is 127. The number of aliphatic imine (C=N–C) groups is 1. The molecule has 1 unspecified atom stereocenters. The average Bonchev–Trinajstić information content (AvgIpc) is 2.35. The second-order valence-corrected chi connectivity index (χ2v) is 5.79. The van der Waals surface area contributed by atoms with E-state index in [1.165, 1.54) is 4.90 Å². The van der Waals surface area contributed by atoms with Gasteiger partial charge >= 0.3 is 0 Å². The van der Waals surface area contributed by atoms with E-state index in [0.29, 0.717) is 24.3 Å². The zero-order chi connectivity index (χ0) is 13.4. The topological polar surface area (TPSA) is 50.4 Å². The molecule has 0 fully saturated rings. The summed E-state index contributed by atoms with van der Waals surface area (Å²) in [4.78, 5) is 5.57. The van der Waals surface area contributed by atoms with Gasteiger partial charge in [-0.25, -0.2) is 0 Å². The SMILES string of the molecule is C=C(C)CNC(N)=NCC(C)Sc1ccccc1.I. The van der Waals surface area contributed by atoms with Crippen LogP contribution in [-0.2, 0) is 0 Å². The van der Waals surface area contributed by atoms with Gasteiger partial charge in [-0.1, -0.05) is 37.3 Å². The van der Waals surface area contributed by atoms with Crippen molar-refractivity contribution in [2.24, 2.45) is 10.7 Å². The van der Waals surface area contributed by atoms with Crippen LogP contribution in [0.25, 0.3) is 0 Å². The van der Waals surface area contributed by atoms with E-state index < -0.39 is 0 Å². The molecule has 106 valence electrons. The fourth-order valence-corrected chi connectivity index (χ4v) is 2.22. The maximum Gasteiger partial charge on any atom is 0.188 e. The number of hydrogen-bond acceptors (Lipinski definition) is 2. The number of guanidine groups is 1. The van der Waals surface area contributed by atoms with Gasteiger partial charge in [0, 0.05) is 16.7 Å². The van der Waals surface area contributed by atoms with Gasteiger partial charge in [0.15, 0.2) is 5.96 Å². The zero-order valence-corrected chi connectivity index (χ0v) is 14.6. The Morgan fingerprint density at radius 3 is 2.63 bits per heavy atom. The molecule has 1 aromatic rings. The number of nitrogens with two attached hydrogens (primary N) is 1. The van der Waals surface area contributed by atoms with Crippen LogP contribution in [0.15, 0.2) is 52.4 Å². The summed E-state index contributed by atoms with van der Waals surface area (Å²) < 4.78 is 0. The summed E-state index contributed by atoms with van der Waals surface area (Å²) in [6.07, 6.45) is 0. The van der Waals surface area contributed by atoms with E-state index in [4.69, 9.17) is 5.73 Å². The normalized spacial score (nSPS) is 12.4. The molecule has 0 aliphatic carbocycles. The van der Waals surface area contributed by atoms with Crippen LogP contribution >= 0.6 is 35.7 Å². The van der Waals surface area contributed by atoms with E-state index in [-0.39, 0.29) is 24.0 Å². The molecule has 0 bridgehead atoms. The van der Waals surface area contributed by atoms with Crippen molar-refractivity contribution in [3.63, 3.8) is 0 Å². The molecular weight excluding hydrogens is 369 g/mol. The van der Waals surface area contributed by atoms with Crippen LogP contribution in [0.1, 0.15) is 13.8 Å². The van der Waals surface area contributed by atoms with Gasteiger partial charge in [0.2, 0.25) is 0 Å². The van der Waals surface area contributed by atoms with Crippen molar-refractivity contribution in [3.8, 4) is 0 Å².